The maximum absolute atomic E-state index is 11.5. The first-order valence-electron chi connectivity index (χ1n) is 6.59. The Hall–Kier alpha value is -2.14. The highest BCUT2D eigenvalue weighted by Gasteiger charge is 2.26. The van der Waals surface area contributed by atoms with Crippen molar-refractivity contribution in [3.63, 3.8) is 0 Å². The highest BCUT2D eigenvalue weighted by atomic mass is 32.1. The normalized spacial score (nSPS) is 12.0. The smallest absolute Gasteiger partial charge is 0.356 e. The molecule has 21 heavy (non-hydrogen) atoms. The molecule has 0 unspecified atom stereocenters. The molecule has 108 valence electrons. The molecule has 0 radical (unpaired) electrons. The standard InChI is InChI=1S/C16H15NO3S/c1-16(2,3)15-17-12(14(18)19)13(21-15)10-8-20-11-7-5-4-6-9(10)11/h4-8H,1-3H3,(H,18,19). The molecule has 0 atom stereocenters. The Morgan fingerprint density at radius 1 is 1.29 bits per heavy atom. The first kappa shape index (κ1) is 13.8. The monoisotopic (exact) mass is 301 g/mol. The van der Waals surface area contributed by atoms with Crippen LogP contribution in [0.1, 0.15) is 36.3 Å². The van der Waals surface area contributed by atoms with Gasteiger partial charge in [0.2, 0.25) is 0 Å². The minimum atomic E-state index is -1.01. The number of furan rings is 1. The van der Waals surface area contributed by atoms with Gasteiger partial charge in [0.1, 0.15) is 11.8 Å². The van der Waals surface area contributed by atoms with E-state index in [-0.39, 0.29) is 11.1 Å². The van der Waals surface area contributed by atoms with Crippen molar-refractivity contribution in [2.75, 3.05) is 0 Å². The van der Waals surface area contributed by atoms with E-state index >= 15 is 0 Å². The summed E-state index contributed by atoms with van der Waals surface area (Å²) in [7, 11) is 0. The molecule has 3 rings (SSSR count). The second-order valence-corrected chi connectivity index (χ2v) is 6.90. The molecule has 1 N–H and O–H groups in total. The van der Waals surface area contributed by atoms with Gasteiger partial charge in [-0.3, -0.25) is 0 Å². The number of aromatic carboxylic acids is 1. The Bertz CT molecular complexity index is 824. The number of hydrogen-bond acceptors (Lipinski definition) is 4. The van der Waals surface area contributed by atoms with Crippen LogP contribution in [0.15, 0.2) is 34.9 Å². The Balaban J connectivity index is 2.26. The van der Waals surface area contributed by atoms with Gasteiger partial charge in [-0.05, 0) is 6.07 Å². The quantitative estimate of drug-likeness (QED) is 0.754. The molecule has 2 aromatic heterocycles. The molecular formula is C16H15NO3S. The summed E-state index contributed by atoms with van der Waals surface area (Å²) in [5, 5.41) is 11.1. The molecule has 0 saturated heterocycles. The molecule has 0 aliphatic rings. The third kappa shape index (κ3) is 2.34. The van der Waals surface area contributed by atoms with Crippen LogP contribution in [-0.2, 0) is 5.41 Å². The summed E-state index contributed by atoms with van der Waals surface area (Å²) in [5.74, 6) is -1.01. The van der Waals surface area contributed by atoms with Crippen molar-refractivity contribution in [1.29, 1.82) is 0 Å². The van der Waals surface area contributed by atoms with E-state index in [9.17, 15) is 9.90 Å². The van der Waals surface area contributed by atoms with Gasteiger partial charge in [-0.2, -0.15) is 0 Å². The highest BCUT2D eigenvalue weighted by molar-refractivity contribution is 7.15. The van der Waals surface area contributed by atoms with E-state index in [2.05, 4.69) is 4.98 Å². The highest BCUT2D eigenvalue weighted by Crippen LogP contribution is 2.39. The number of benzene rings is 1. The molecule has 1 aromatic carbocycles. The van der Waals surface area contributed by atoms with Crippen molar-refractivity contribution < 1.29 is 14.3 Å². The number of carboxylic acid groups (broad SMARTS) is 1. The second-order valence-electron chi connectivity index (χ2n) is 5.90. The summed E-state index contributed by atoms with van der Waals surface area (Å²) in [6, 6.07) is 7.59. The average Bonchev–Trinajstić information content (AvgIpc) is 3.01. The maximum atomic E-state index is 11.5. The van der Waals surface area contributed by atoms with Gasteiger partial charge in [-0.15, -0.1) is 11.3 Å². The number of fused-ring (bicyclic) bond motifs is 1. The SMILES string of the molecule is CC(C)(C)c1nc(C(=O)O)c(-c2coc3ccccc23)s1. The van der Waals surface area contributed by atoms with Crippen molar-refractivity contribution in [1.82, 2.24) is 4.98 Å². The lowest BCUT2D eigenvalue weighted by atomic mass is 9.98. The predicted octanol–water partition coefficient (Wildman–Crippen LogP) is 4.55. The van der Waals surface area contributed by atoms with Crippen molar-refractivity contribution in [2.45, 2.75) is 26.2 Å². The third-order valence-electron chi connectivity index (χ3n) is 3.20. The predicted molar refractivity (Wildman–Crippen MR) is 83.0 cm³/mol. The van der Waals surface area contributed by atoms with E-state index in [1.807, 2.05) is 45.0 Å². The Kier molecular flexibility index (Phi) is 3.10. The molecular weight excluding hydrogens is 286 g/mol. The first-order chi connectivity index (χ1) is 9.88. The minimum absolute atomic E-state index is 0.0940. The van der Waals surface area contributed by atoms with Gasteiger partial charge in [0.15, 0.2) is 5.69 Å². The van der Waals surface area contributed by atoms with Crippen LogP contribution in [0.2, 0.25) is 0 Å². The van der Waals surface area contributed by atoms with Crippen LogP contribution in [0.3, 0.4) is 0 Å². The maximum Gasteiger partial charge on any atom is 0.356 e. The van der Waals surface area contributed by atoms with Gasteiger partial charge in [0.25, 0.3) is 0 Å². The zero-order chi connectivity index (χ0) is 15.2. The number of carboxylic acids is 1. The lowest BCUT2D eigenvalue weighted by Gasteiger charge is -2.13. The largest absolute Gasteiger partial charge is 0.476 e. The molecule has 0 aliphatic carbocycles. The fraction of sp³-hybridized carbons (Fsp3) is 0.250. The number of para-hydroxylation sites is 1. The van der Waals surface area contributed by atoms with Crippen LogP contribution in [-0.4, -0.2) is 16.1 Å². The molecule has 0 bridgehead atoms. The number of carbonyl (C=O) groups is 1. The molecule has 0 fully saturated rings. The first-order valence-corrected chi connectivity index (χ1v) is 7.41. The van der Waals surface area contributed by atoms with Gasteiger partial charge in [-0.1, -0.05) is 39.0 Å². The summed E-state index contributed by atoms with van der Waals surface area (Å²) >= 11 is 1.42. The van der Waals surface area contributed by atoms with Crippen LogP contribution in [0, 0.1) is 0 Å². The summed E-state index contributed by atoms with van der Waals surface area (Å²) in [5.41, 5.74) is 1.44. The van der Waals surface area contributed by atoms with E-state index in [4.69, 9.17) is 4.42 Å². The molecule has 0 amide bonds. The lowest BCUT2D eigenvalue weighted by molar-refractivity contribution is 0.0692. The summed E-state index contributed by atoms with van der Waals surface area (Å²) < 4.78 is 5.52. The molecule has 2 heterocycles. The van der Waals surface area contributed by atoms with E-state index in [1.54, 1.807) is 6.26 Å². The fourth-order valence-electron chi connectivity index (χ4n) is 2.12. The van der Waals surface area contributed by atoms with Gasteiger partial charge in [0.05, 0.1) is 9.88 Å². The van der Waals surface area contributed by atoms with E-state index in [0.29, 0.717) is 4.88 Å². The molecule has 0 saturated carbocycles. The van der Waals surface area contributed by atoms with Crippen LogP contribution >= 0.6 is 11.3 Å². The topological polar surface area (TPSA) is 63.3 Å². The number of nitrogens with zero attached hydrogens (tertiary/aromatic N) is 1. The van der Waals surface area contributed by atoms with Crippen LogP contribution in [0.4, 0.5) is 0 Å². The average molecular weight is 301 g/mol. The number of thiazole rings is 1. The molecule has 0 spiro atoms. The van der Waals surface area contributed by atoms with Gasteiger partial charge < -0.3 is 9.52 Å². The lowest BCUT2D eigenvalue weighted by Crippen LogP contribution is -2.11. The van der Waals surface area contributed by atoms with Gasteiger partial charge in [0, 0.05) is 16.4 Å². The van der Waals surface area contributed by atoms with E-state index in [0.717, 1.165) is 21.5 Å². The Morgan fingerprint density at radius 3 is 2.67 bits per heavy atom. The zero-order valence-electron chi connectivity index (χ0n) is 12.0. The molecule has 5 heteroatoms. The number of hydrogen-bond donors (Lipinski definition) is 1. The third-order valence-corrected chi connectivity index (χ3v) is 4.71. The fourth-order valence-corrected chi connectivity index (χ4v) is 3.26. The number of rotatable bonds is 2. The van der Waals surface area contributed by atoms with Crippen LogP contribution in [0.5, 0.6) is 0 Å². The van der Waals surface area contributed by atoms with Gasteiger partial charge >= 0.3 is 5.97 Å². The van der Waals surface area contributed by atoms with Gasteiger partial charge in [-0.25, -0.2) is 9.78 Å². The van der Waals surface area contributed by atoms with E-state index in [1.165, 1.54) is 11.3 Å². The van der Waals surface area contributed by atoms with Crippen LogP contribution < -0.4 is 0 Å². The number of aromatic nitrogens is 1. The molecule has 4 nitrogen and oxygen atoms in total. The van der Waals surface area contributed by atoms with Crippen molar-refractivity contribution >= 4 is 28.3 Å². The van der Waals surface area contributed by atoms with Crippen LogP contribution in [0.25, 0.3) is 21.4 Å². The molecule has 0 aliphatic heterocycles. The Morgan fingerprint density at radius 2 is 2.00 bits per heavy atom. The zero-order valence-corrected chi connectivity index (χ0v) is 12.8. The summed E-state index contributed by atoms with van der Waals surface area (Å²) in [6.45, 7) is 6.07. The second kappa shape index (κ2) is 4.70. The van der Waals surface area contributed by atoms with Crippen molar-refractivity contribution in [2.24, 2.45) is 0 Å². The molecule has 3 aromatic rings. The Labute approximate surface area is 126 Å². The van der Waals surface area contributed by atoms with Crippen molar-refractivity contribution in [3.05, 3.63) is 41.2 Å². The summed E-state index contributed by atoms with van der Waals surface area (Å²) in [4.78, 5) is 16.5. The van der Waals surface area contributed by atoms with Crippen molar-refractivity contribution in [3.8, 4) is 10.4 Å². The van der Waals surface area contributed by atoms with E-state index < -0.39 is 5.97 Å². The minimum Gasteiger partial charge on any atom is -0.476 e. The summed E-state index contributed by atoms with van der Waals surface area (Å²) in [6.07, 6.45) is 1.61.